The quantitative estimate of drug-likeness (QED) is 0.727. The van der Waals surface area contributed by atoms with Crippen molar-refractivity contribution in [1.29, 1.82) is 0 Å². The van der Waals surface area contributed by atoms with Gasteiger partial charge in [0.25, 0.3) is 5.91 Å². The van der Waals surface area contributed by atoms with E-state index in [0.29, 0.717) is 22.6 Å². The average Bonchev–Trinajstić information content (AvgIpc) is 2.67. The number of carbonyl (C=O) groups is 2. The molecule has 6 heteroatoms. The smallest absolute Gasteiger partial charge is 0.258 e. The van der Waals surface area contributed by atoms with Gasteiger partial charge in [0.2, 0.25) is 5.91 Å². The van der Waals surface area contributed by atoms with Crippen molar-refractivity contribution in [3.8, 4) is 5.75 Å². The standard InChI is InChI=1S/C21H19N3O3/c1-15(25)23-17-9-6-7-16(13-17)21(27)24(14-18-8-4-5-12-22-18)19-10-2-3-11-20(19)26/h2-13,26H,14H2,1H3,(H,23,25). The van der Waals surface area contributed by atoms with Crippen LogP contribution in [-0.2, 0) is 11.3 Å². The second-order valence-corrected chi connectivity index (χ2v) is 5.96. The van der Waals surface area contributed by atoms with E-state index < -0.39 is 0 Å². The van der Waals surface area contributed by atoms with Crippen molar-refractivity contribution in [2.24, 2.45) is 0 Å². The number of rotatable bonds is 5. The van der Waals surface area contributed by atoms with Crippen molar-refractivity contribution in [3.63, 3.8) is 0 Å². The van der Waals surface area contributed by atoms with Crippen LogP contribution in [0.1, 0.15) is 23.0 Å². The molecule has 0 bridgehead atoms. The Morgan fingerprint density at radius 1 is 1.04 bits per heavy atom. The van der Waals surface area contributed by atoms with E-state index in [4.69, 9.17) is 0 Å². The number of carbonyl (C=O) groups excluding carboxylic acids is 2. The third kappa shape index (κ3) is 4.49. The highest BCUT2D eigenvalue weighted by Gasteiger charge is 2.21. The third-order valence-corrected chi connectivity index (χ3v) is 3.89. The van der Waals surface area contributed by atoms with Gasteiger partial charge in [-0.05, 0) is 42.5 Å². The number of amides is 2. The maximum atomic E-state index is 13.2. The number of anilines is 2. The first-order chi connectivity index (χ1) is 13.0. The molecular formula is C21H19N3O3. The zero-order valence-electron chi connectivity index (χ0n) is 14.8. The summed E-state index contributed by atoms with van der Waals surface area (Å²) in [6.45, 7) is 1.60. The fourth-order valence-electron chi connectivity index (χ4n) is 2.70. The Hall–Kier alpha value is -3.67. The molecule has 1 heterocycles. The Balaban J connectivity index is 1.98. The van der Waals surface area contributed by atoms with E-state index in [-0.39, 0.29) is 24.1 Å². The van der Waals surface area contributed by atoms with Crippen LogP contribution in [-0.4, -0.2) is 21.9 Å². The predicted octanol–water partition coefficient (Wildman–Crippen LogP) is 3.59. The number of phenolic OH excluding ortho intramolecular Hbond substituents is 1. The van der Waals surface area contributed by atoms with E-state index in [2.05, 4.69) is 10.3 Å². The van der Waals surface area contributed by atoms with Gasteiger partial charge in [-0.1, -0.05) is 24.3 Å². The number of aromatic nitrogens is 1. The van der Waals surface area contributed by atoms with Crippen LogP contribution in [0, 0.1) is 0 Å². The molecule has 27 heavy (non-hydrogen) atoms. The molecule has 2 amide bonds. The number of nitrogens with one attached hydrogen (secondary N) is 1. The first-order valence-corrected chi connectivity index (χ1v) is 8.42. The molecule has 0 aliphatic carbocycles. The van der Waals surface area contributed by atoms with Crippen molar-refractivity contribution in [1.82, 2.24) is 4.98 Å². The second kappa shape index (κ2) is 8.14. The molecule has 0 saturated heterocycles. The highest BCUT2D eigenvalue weighted by atomic mass is 16.3. The molecule has 0 fully saturated rings. The number of hydrogen-bond acceptors (Lipinski definition) is 4. The summed E-state index contributed by atoms with van der Waals surface area (Å²) < 4.78 is 0. The van der Waals surface area contributed by atoms with Gasteiger partial charge >= 0.3 is 0 Å². The summed E-state index contributed by atoms with van der Waals surface area (Å²) in [7, 11) is 0. The summed E-state index contributed by atoms with van der Waals surface area (Å²) in [5, 5.41) is 12.9. The molecule has 2 aromatic carbocycles. The SMILES string of the molecule is CC(=O)Nc1cccc(C(=O)N(Cc2ccccn2)c2ccccc2O)c1. The van der Waals surface area contributed by atoms with Crippen LogP contribution in [0.15, 0.2) is 72.9 Å². The number of phenols is 1. The Labute approximate surface area is 157 Å². The molecule has 6 nitrogen and oxygen atoms in total. The van der Waals surface area contributed by atoms with Gasteiger partial charge in [-0.3, -0.25) is 19.5 Å². The van der Waals surface area contributed by atoms with Crippen LogP contribution in [0.25, 0.3) is 0 Å². The predicted molar refractivity (Wildman–Crippen MR) is 104 cm³/mol. The van der Waals surface area contributed by atoms with Crippen molar-refractivity contribution in [2.45, 2.75) is 13.5 Å². The molecule has 0 atom stereocenters. The summed E-state index contributed by atoms with van der Waals surface area (Å²) in [6.07, 6.45) is 1.65. The highest BCUT2D eigenvalue weighted by molar-refractivity contribution is 6.07. The molecule has 0 unspecified atom stereocenters. The minimum absolute atomic E-state index is 0.000188. The van der Waals surface area contributed by atoms with Gasteiger partial charge in [-0.2, -0.15) is 0 Å². The minimum atomic E-state index is -0.311. The third-order valence-electron chi connectivity index (χ3n) is 3.89. The first-order valence-electron chi connectivity index (χ1n) is 8.42. The number of nitrogens with zero attached hydrogens (tertiary/aromatic N) is 2. The van der Waals surface area contributed by atoms with Gasteiger partial charge in [0.05, 0.1) is 17.9 Å². The summed E-state index contributed by atoms with van der Waals surface area (Å²) in [5.41, 5.74) is 1.99. The lowest BCUT2D eigenvalue weighted by molar-refractivity contribution is -0.114. The van der Waals surface area contributed by atoms with Crippen molar-refractivity contribution in [2.75, 3.05) is 10.2 Å². The van der Waals surface area contributed by atoms with Crippen LogP contribution < -0.4 is 10.2 Å². The summed E-state index contributed by atoms with van der Waals surface area (Å²) in [4.78, 5) is 30.2. The Morgan fingerprint density at radius 3 is 2.52 bits per heavy atom. The van der Waals surface area contributed by atoms with Gasteiger partial charge in [0.15, 0.2) is 0 Å². The number of para-hydroxylation sites is 2. The average molecular weight is 361 g/mol. The number of hydrogen-bond donors (Lipinski definition) is 2. The van der Waals surface area contributed by atoms with E-state index in [0.717, 1.165) is 0 Å². The highest BCUT2D eigenvalue weighted by Crippen LogP contribution is 2.29. The lowest BCUT2D eigenvalue weighted by Crippen LogP contribution is -2.31. The maximum Gasteiger partial charge on any atom is 0.258 e. The van der Waals surface area contributed by atoms with Gasteiger partial charge in [-0.15, -0.1) is 0 Å². The Bertz CT molecular complexity index is 958. The summed E-state index contributed by atoms with van der Waals surface area (Å²) in [5.74, 6) is -0.528. The van der Waals surface area contributed by atoms with E-state index in [1.54, 1.807) is 54.7 Å². The van der Waals surface area contributed by atoms with Gasteiger partial charge in [0.1, 0.15) is 5.75 Å². The second-order valence-electron chi connectivity index (χ2n) is 5.96. The topological polar surface area (TPSA) is 82.5 Å². The van der Waals surface area contributed by atoms with Crippen LogP contribution in [0.5, 0.6) is 5.75 Å². The molecule has 1 aromatic heterocycles. The molecule has 3 rings (SSSR count). The number of benzene rings is 2. The lowest BCUT2D eigenvalue weighted by atomic mass is 10.1. The van der Waals surface area contributed by atoms with E-state index in [1.165, 1.54) is 17.9 Å². The van der Waals surface area contributed by atoms with Gasteiger partial charge in [0, 0.05) is 24.4 Å². The molecule has 3 aromatic rings. The fraction of sp³-hybridized carbons (Fsp3) is 0.0952. The van der Waals surface area contributed by atoms with E-state index >= 15 is 0 Å². The Morgan fingerprint density at radius 2 is 1.81 bits per heavy atom. The van der Waals surface area contributed by atoms with Crippen molar-refractivity contribution < 1.29 is 14.7 Å². The zero-order valence-corrected chi connectivity index (χ0v) is 14.8. The van der Waals surface area contributed by atoms with E-state index in [1.807, 2.05) is 12.1 Å². The molecule has 0 aliphatic heterocycles. The summed E-state index contributed by atoms with van der Waals surface area (Å²) in [6, 6.07) is 18.8. The number of aromatic hydroxyl groups is 1. The van der Waals surface area contributed by atoms with E-state index in [9.17, 15) is 14.7 Å². The molecule has 0 spiro atoms. The number of pyridine rings is 1. The normalized spacial score (nSPS) is 10.3. The molecule has 0 aliphatic rings. The first kappa shape index (κ1) is 18.1. The molecule has 0 radical (unpaired) electrons. The monoisotopic (exact) mass is 361 g/mol. The molecule has 0 saturated carbocycles. The van der Waals surface area contributed by atoms with Crippen LogP contribution in [0.2, 0.25) is 0 Å². The minimum Gasteiger partial charge on any atom is -0.506 e. The molecule has 2 N–H and O–H groups in total. The molecule has 136 valence electrons. The van der Waals surface area contributed by atoms with Crippen molar-refractivity contribution in [3.05, 3.63) is 84.2 Å². The van der Waals surface area contributed by atoms with Crippen LogP contribution in [0.4, 0.5) is 11.4 Å². The summed E-state index contributed by atoms with van der Waals surface area (Å²) >= 11 is 0. The fourth-order valence-corrected chi connectivity index (χ4v) is 2.70. The van der Waals surface area contributed by atoms with Crippen LogP contribution >= 0.6 is 0 Å². The Kier molecular flexibility index (Phi) is 5.47. The molecular weight excluding hydrogens is 342 g/mol. The lowest BCUT2D eigenvalue weighted by Gasteiger charge is -2.23. The maximum absolute atomic E-state index is 13.2. The largest absolute Gasteiger partial charge is 0.506 e. The van der Waals surface area contributed by atoms with Crippen LogP contribution in [0.3, 0.4) is 0 Å². The van der Waals surface area contributed by atoms with Gasteiger partial charge < -0.3 is 10.4 Å². The van der Waals surface area contributed by atoms with Gasteiger partial charge in [-0.25, -0.2) is 0 Å². The van der Waals surface area contributed by atoms with Crippen molar-refractivity contribution >= 4 is 23.2 Å². The zero-order chi connectivity index (χ0) is 19.2.